The lowest BCUT2D eigenvalue weighted by molar-refractivity contribution is -0.137. The van der Waals surface area contributed by atoms with Gasteiger partial charge < -0.3 is 10.4 Å². The molecule has 0 aliphatic heterocycles. The number of aromatic nitrogens is 1. The van der Waals surface area contributed by atoms with Crippen LogP contribution in [-0.4, -0.2) is 15.6 Å². The number of phenolic OH excluding ortho intramolecular Hbond substituents is 1. The van der Waals surface area contributed by atoms with E-state index in [2.05, 4.69) is 10.3 Å². The highest BCUT2D eigenvalue weighted by molar-refractivity contribution is 5.73. The number of phenols is 1. The minimum atomic E-state index is -4.49. The summed E-state index contributed by atoms with van der Waals surface area (Å²) in [5, 5.41) is 14.1. The summed E-state index contributed by atoms with van der Waals surface area (Å²) < 4.78 is 39.2. The van der Waals surface area contributed by atoms with Crippen LogP contribution in [0.5, 0.6) is 5.75 Å². The average molecular weight is 396 g/mol. The number of alkyl halides is 3. The van der Waals surface area contributed by atoms with E-state index in [0.29, 0.717) is 17.7 Å². The van der Waals surface area contributed by atoms with Gasteiger partial charge in [0.1, 0.15) is 5.75 Å². The smallest absolute Gasteiger partial charge is 0.417 e. The predicted octanol–water partition coefficient (Wildman–Crippen LogP) is 6.29. The highest BCUT2D eigenvalue weighted by atomic mass is 19.4. The molecule has 0 unspecified atom stereocenters. The molecule has 1 aromatic heterocycles. The summed E-state index contributed by atoms with van der Waals surface area (Å²) in [6.45, 7) is 12.5. The number of aromatic hydroxyl groups is 1. The summed E-state index contributed by atoms with van der Waals surface area (Å²) in [5.74, 6) is -0.0270. The molecular formula is C22H31F3N2O. The first-order valence-corrected chi connectivity index (χ1v) is 8.82. The van der Waals surface area contributed by atoms with Gasteiger partial charge >= 0.3 is 6.18 Å². The summed E-state index contributed by atoms with van der Waals surface area (Å²) in [5.41, 5.74) is 0.936. The van der Waals surface area contributed by atoms with Crippen molar-refractivity contribution < 1.29 is 18.3 Å². The Morgan fingerprint density at radius 3 is 2.04 bits per heavy atom. The van der Waals surface area contributed by atoms with Gasteiger partial charge in [-0.2, -0.15) is 13.2 Å². The number of benzene rings is 1. The van der Waals surface area contributed by atoms with Crippen LogP contribution < -0.4 is 5.32 Å². The molecule has 0 bridgehead atoms. The lowest BCUT2D eigenvalue weighted by Crippen LogP contribution is -2.35. The van der Waals surface area contributed by atoms with E-state index in [0.717, 1.165) is 17.8 Å². The van der Waals surface area contributed by atoms with Crippen LogP contribution in [0.15, 0.2) is 30.6 Å². The van der Waals surface area contributed by atoms with E-state index >= 15 is 0 Å². The second-order valence-corrected chi connectivity index (χ2v) is 8.85. The molecule has 0 amide bonds. The number of halogens is 3. The van der Waals surface area contributed by atoms with E-state index in [4.69, 9.17) is 0 Å². The van der Waals surface area contributed by atoms with Crippen LogP contribution >= 0.6 is 0 Å². The summed E-state index contributed by atoms with van der Waals surface area (Å²) in [6.07, 6.45) is -2.36. The van der Waals surface area contributed by atoms with Crippen molar-refractivity contribution in [2.45, 2.75) is 72.6 Å². The van der Waals surface area contributed by atoms with E-state index in [1.54, 1.807) is 6.07 Å². The number of nitrogens with one attached hydrogen (secondary N) is 1. The van der Waals surface area contributed by atoms with Crippen LogP contribution in [0.3, 0.4) is 0 Å². The van der Waals surface area contributed by atoms with Crippen molar-refractivity contribution in [2.24, 2.45) is 0 Å². The molecule has 3 nitrogen and oxygen atoms in total. The molecule has 0 radical (unpaired) electrons. The minimum Gasteiger partial charge on any atom is -0.507 e. The number of hydrogen-bond acceptors (Lipinski definition) is 3. The number of hydrogen-bond donors (Lipinski definition) is 2. The summed E-state index contributed by atoms with van der Waals surface area (Å²) in [7, 11) is 0. The molecule has 0 fully saturated rings. The molecule has 2 rings (SSSR count). The molecule has 1 aromatic carbocycles. The molecule has 0 aliphatic rings. The van der Waals surface area contributed by atoms with E-state index in [9.17, 15) is 18.3 Å². The molecule has 0 saturated carbocycles. The second-order valence-electron chi connectivity index (χ2n) is 8.85. The van der Waals surface area contributed by atoms with Gasteiger partial charge in [0.25, 0.3) is 0 Å². The fourth-order valence-electron chi connectivity index (χ4n) is 2.59. The average Bonchev–Trinajstić information content (AvgIpc) is 2.51. The monoisotopic (exact) mass is 396 g/mol. The van der Waals surface area contributed by atoms with Crippen molar-refractivity contribution >= 4 is 0 Å². The first kappa shape index (κ1) is 24.0. The summed E-state index contributed by atoms with van der Waals surface area (Å²) >= 11 is 0. The number of pyridine rings is 1. The molecule has 6 heteroatoms. The predicted molar refractivity (Wildman–Crippen MR) is 108 cm³/mol. The first-order chi connectivity index (χ1) is 12.2. The molecule has 28 heavy (non-hydrogen) atoms. The molecule has 0 saturated heterocycles. The van der Waals surface area contributed by atoms with Crippen LogP contribution in [0.4, 0.5) is 13.2 Å². The van der Waals surface area contributed by atoms with Gasteiger partial charge in [-0.25, -0.2) is 0 Å². The van der Waals surface area contributed by atoms with Crippen molar-refractivity contribution in [3.63, 3.8) is 0 Å². The SMILES string of the molecule is C.CC(C)(C)NCc1cc(C(C)(C)C)cc(-c2cncc(C(F)(F)F)c2)c1O. The second kappa shape index (κ2) is 8.11. The van der Waals surface area contributed by atoms with Crippen LogP contribution in [0.25, 0.3) is 11.1 Å². The normalized spacial score (nSPS) is 12.6. The topological polar surface area (TPSA) is 45.2 Å². The Bertz CT molecular complexity index is 816. The molecule has 0 spiro atoms. The lowest BCUT2D eigenvalue weighted by atomic mass is 9.83. The van der Waals surface area contributed by atoms with Crippen LogP contribution in [-0.2, 0) is 18.1 Å². The molecule has 0 aliphatic carbocycles. The molecule has 156 valence electrons. The Morgan fingerprint density at radius 1 is 0.929 bits per heavy atom. The van der Waals surface area contributed by atoms with Crippen LogP contribution in [0.2, 0.25) is 0 Å². The van der Waals surface area contributed by atoms with Crippen molar-refractivity contribution in [2.75, 3.05) is 0 Å². The van der Waals surface area contributed by atoms with Gasteiger partial charge in [0, 0.05) is 41.2 Å². The van der Waals surface area contributed by atoms with E-state index in [-0.39, 0.29) is 29.7 Å². The maximum atomic E-state index is 13.1. The fourth-order valence-corrected chi connectivity index (χ4v) is 2.59. The third-order valence-electron chi connectivity index (χ3n) is 4.24. The van der Waals surface area contributed by atoms with Gasteiger partial charge in [0.2, 0.25) is 0 Å². The Morgan fingerprint density at radius 2 is 1.54 bits per heavy atom. The molecule has 2 aromatic rings. The highest BCUT2D eigenvalue weighted by Crippen LogP contribution is 2.39. The maximum Gasteiger partial charge on any atom is 0.417 e. The Balaban J connectivity index is 0.00000392. The van der Waals surface area contributed by atoms with Gasteiger partial charge in [0.05, 0.1) is 5.56 Å². The maximum absolute atomic E-state index is 13.1. The Labute approximate surface area is 166 Å². The van der Waals surface area contributed by atoms with Crippen molar-refractivity contribution in [3.05, 3.63) is 47.3 Å². The van der Waals surface area contributed by atoms with E-state index in [1.165, 1.54) is 6.20 Å². The minimum absolute atomic E-state index is 0. The highest BCUT2D eigenvalue weighted by Gasteiger charge is 2.31. The zero-order chi connectivity index (χ0) is 20.6. The zero-order valence-corrected chi connectivity index (χ0v) is 16.6. The fraction of sp³-hybridized carbons (Fsp3) is 0.500. The van der Waals surface area contributed by atoms with Gasteiger partial charge in [-0.05, 0) is 43.9 Å². The summed E-state index contributed by atoms with van der Waals surface area (Å²) in [4.78, 5) is 3.73. The van der Waals surface area contributed by atoms with Crippen molar-refractivity contribution in [1.82, 2.24) is 10.3 Å². The molecular weight excluding hydrogens is 365 g/mol. The van der Waals surface area contributed by atoms with Gasteiger partial charge in [-0.3, -0.25) is 4.98 Å². The quantitative estimate of drug-likeness (QED) is 0.640. The Hall–Kier alpha value is -2.08. The van der Waals surface area contributed by atoms with Gasteiger partial charge in [-0.1, -0.05) is 34.3 Å². The molecule has 0 atom stereocenters. The standard InChI is InChI=1S/C21H27F3N2O.CH4/c1-19(2,3)15-8-14(11-26-20(4,5)6)18(27)17(9-15)13-7-16(12-25-10-13)21(22,23)24;/h7-10,12,26-27H,11H2,1-6H3;1H4. The van der Waals surface area contributed by atoms with Crippen molar-refractivity contribution in [3.8, 4) is 16.9 Å². The zero-order valence-electron chi connectivity index (χ0n) is 16.6. The number of nitrogens with zero attached hydrogens (tertiary/aromatic N) is 1. The van der Waals surface area contributed by atoms with E-state index in [1.807, 2.05) is 47.6 Å². The van der Waals surface area contributed by atoms with E-state index < -0.39 is 11.7 Å². The van der Waals surface area contributed by atoms with Gasteiger partial charge in [-0.15, -0.1) is 0 Å². The Kier molecular flexibility index (Phi) is 6.94. The molecule has 1 heterocycles. The largest absolute Gasteiger partial charge is 0.507 e. The third-order valence-corrected chi connectivity index (χ3v) is 4.24. The summed E-state index contributed by atoms with van der Waals surface area (Å²) in [6, 6.07) is 4.67. The van der Waals surface area contributed by atoms with Crippen LogP contribution in [0, 0.1) is 0 Å². The van der Waals surface area contributed by atoms with Gasteiger partial charge in [0.15, 0.2) is 0 Å². The van der Waals surface area contributed by atoms with Crippen LogP contribution in [0.1, 0.15) is 65.7 Å². The lowest BCUT2D eigenvalue weighted by Gasteiger charge is -2.25. The van der Waals surface area contributed by atoms with Crippen molar-refractivity contribution in [1.29, 1.82) is 0 Å². The third kappa shape index (κ3) is 5.96. The number of rotatable bonds is 3. The molecule has 2 N–H and O–H groups in total. The first-order valence-electron chi connectivity index (χ1n) is 8.82.